The van der Waals surface area contributed by atoms with Gasteiger partial charge in [0.1, 0.15) is 5.65 Å². The van der Waals surface area contributed by atoms with E-state index in [4.69, 9.17) is 11.6 Å². The summed E-state index contributed by atoms with van der Waals surface area (Å²) < 4.78 is 0. The highest BCUT2D eigenvalue weighted by Gasteiger charge is 2.24. The molecule has 3 heterocycles. The van der Waals surface area contributed by atoms with Crippen LogP contribution in [-0.2, 0) is 4.79 Å². The van der Waals surface area contributed by atoms with Crippen LogP contribution >= 0.6 is 11.6 Å². The van der Waals surface area contributed by atoms with E-state index in [0.717, 1.165) is 42.7 Å². The topological polar surface area (TPSA) is 49.0 Å². The van der Waals surface area contributed by atoms with Gasteiger partial charge < -0.3 is 9.88 Å². The van der Waals surface area contributed by atoms with Crippen molar-refractivity contribution in [1.82, 2.24) is 14.9 Å². The Morgan fingerprint density at radius 3 is 3.16 bits per heavy atom. The molecule has 3 rings (SSSR count). The molecule has 1 fully saturated rings. The molecule has 1 saturated heterocycles. The highest BCUT2D eigenvalue weighted by molar-refractivity contribution is 6.35. The van der Waals surface area contributed by atoms with Crippen molar-refractivity contribution < 1.29 is 4.79 Å². The molecule has 1 atom stereocenters. The summed E-state index contributed by atoms with van der Waals surface area (Å²) in [5.74, 6) is 0.500. The first-order chi connectivity index (χ1) is 9.15. The van der Waals surface area contributed by atoms with Crippen LogP contribution in [0.25, 0.3) is 11.0 Å². The normalized spacial score (nSPS) is 19.9. The highest BCUT2D eigenvalue weighted by atomic mass is 35.5. The number of aromatic amines is 1. The average molecular weight is 278 g/mol. The number of carbonyl (C=O) groups excluding carboxylic acids is 1. The lowest BCUT2D eigenvalue weighted by Crippen LogP contribution is -2.37. The molecule has 0 saturated carbocycles. The Morgan fingerprint density at radius 2 is 2.42 bits per heavy atom. The van der Waals surface area contributed by atoms with Crippen LogP contribution in [0.4, 0.5) is 0 Å². The van der Waals surface area contributed by atoms with Crippen LogP contribution in [0.15, 0.2) is 18.3 Å². The van der Waals surface area contributed by atoms with Gasteiger partial charge in [-0.3, -0.25) is 4.79 Å². The van der Waals surface area contributed by atoms with Gasteiger partial charge in [0.15, 0.2) is 0 Å². The Labute approximate surface area is 116 Å². The molecule has 0 spiro atoms. The number of carbonyl (C=O) groups is 1. The van der Waals surface area contributed by atoms with E-state index in [2.05, 4.69) is 16.0 Å². The van der Waals surface area contributed by atoms with Gasteiger partial charge in [0.25, 0.3) is 0 Å². The largest absolute Gasteiger partial charge is 0.343 e. The number of fused-ring (bicyclic) bond motifs is 1. The zero-order valence-corrected chi connectivity index (χ0v) is 11.6. The third kappa shape index (κ3) is 2.32. The van der Waals surface area contributed by atoms with Gasteiger partial charge in [0.2, 0.25) is 5.91 Å². The molecule has 1 aliphatic heterocycles. The third-order valence-corrected chi connectivity index (χ3v) is 4.14. The number of amides is 1. The second-order valence-corrected chi connectivity index (χ2v) is 5.49. The van der Waals surface area contributed by atoms with E-state index in [1.807, 2.05) is 4.90 Å². The molecular weight excluding hydrogens is 262 g/mol. The van der Waals surface area contributed by atoms with Gasteiger partial charge in [-0.15, -0.1) is 0 Å². The van der Waals surface area contributed by atoms with Crippen molar-refractivity contribution in [2.75, 3.05) is 13.1 Å². The van der Waals surface area contributed by atoms with E-state index in [1.165, 1.54) is 0 Å². The summed E-state index contributed by atoms with van der Waals surface area (Å²) in [5, 5.41) is 1.67. The number of hydrogen-bond donors (Lipinski definition) is 1. The molecule has 1 aliphatic rings. The van der Waals surface area contributed by atoms with Crippen molar-refractivity contribution in [3.8, 4) is 0 Å². The van der Waals surface area contributed by atoms with Crippen molar-refractivity contribution in [3.63, 3.8) is 0 Å². The molecule has 19 heavy (non-hydrogen) atoms. The summed E-state index contributed by atoms with van der Waals surface area (Å²) in [4.78, 5) is 21.0. The van der Waals surface area contributed by atoms with E-state index in [1.54, 1.807) is 19.2 Å². The van der Waals surface area contributed by atoms with Crippen LogP contribution in [0.2, 0.25) is 5.02 Å². The summed E-state index contributed by atoms with van der Waals surface area (Å²) in [5.41, 5.74) is 1.95. The molecule has 0 unspecified atom stereocenters. The number of aromatic nitrogens is 2. The van der Waals surface area contributed by atoms with E-state index >= 15 is 0 Å². The second kappa shape index (κ2) is 4.85. The number of halogens is 1. The van der Waals surface area contributed by atoms with Gasteiger partial charge in [-0.05, 0) is 25.0 Å². The first kappa shape index (κ1) is 12.5. The standard InChI is InChI=1S/C14H16ClN3O/c1-9(19)18-6-2-3-10(8-18)13-7-11-12(15)4-5-16-14(11)17-13/h4-5,7,10H,2-3,6,8H2,1H3,(H,16,17)/t10-/m1/s1. The molecule has 2 aromatic rings. The molecule has 0 radical (unpaired) electrons. The quantitative estimate of drug-likeness (QED) is 0.871. The zero-order chi connectivity index (χ0) is 13.4. The summed E-state index contributed by atoms with van der Waals surface area (Å²) in [6.07, 6.45) is 3.84. The molecular formula is C14H16ClN3O. The number of nitrogens with zero attached hydrogens (tertiary/aromatic N) is 2. The fourth-order valence-electron chi connectivity index (χ4n) is 2.75. The molecule has 0 aliphatic carbocycles. The zero-order valence-electron chi connectivity index (χ0n) is 10.8. The Morgan fingerprint density at radius 1 is 1.58 bits per heavy atom. The maximum absolute atomic E-state index is 11.5. The minimum absolute atomic E-state index is 0.150. The number of pyridine rings is 1. The molecule has 100 valence electrons. The van der Waals surface area contributed by atoms with Crippen molar-refractivity contribution in [2.24, 2.45) is 0 Å². The number of H-pyrrole nitrogens is 1. The first-order valence-corrected chi connectivity index (χ1v) is 6.91. The summed E-state index contributed by atoms with van der Waals surface area (Å²) >= 11 is 6.16. The van der Waals surface area contributed by atoms with Crippen molar-refractivity contribution in [1.29, 1.82) is 0 Å². The van der Waals surface area contributed by atoms with E-state index in [9.17, 15) is 4.79 Å². The molecule has 0 aromatic carbocycles. The third-order valence-electron chi connectivity index (χ3n) is 3.81. The predicted molar refractivity (Wildman–Crippen MR) is 75.3 cm³/mol. The molecule has 1 N–H and O–H groups in total. The number of hydrogen-bond acceptors (Lipinski definition) is 2. The van der Waals surface area contributed by atoms with Gasteiger partial charge in [0, 0.05) is 43.2 Å². The van der Waals surface area contributed by atoms with Crippen molar-refractivity contribution in [2.45, 2.75) is 25.7 Å². The molecule has 2 aromatic heterocycles. The van der Waals surface area contributed by atoms with Gasteiger partial charge in [0.05, 0.1) is 5.02 Å². The average Bonchev–Trinajstić information content (AvgIpc) is 2.84. The lowest BCUT2D eigenvalue weighted by atomic mass is 9.95. The maximum Gasteiger partial charge on any atom is 0.219 e. The van der Waals surface area contributed by atoms with E-state index < -0.39 is 0 Å². The van der Waals surface area contributed by atoms with Crippen molar-refractivity contribution >= 4 is 28.5 Å². The molecule has 1 amide bonds. The highest BCUT2D eigenvalue weighted by Crippen LogP contribution is 2.30. The van der Waals surface area contributed by atoms with Crippen LogP contribution in [0.3, 0.4) is 0 Å². The van der Waals surface area contributed by atoms with Gasteiger partial charge in [-0.2, -0.15) is 0 Å². The van der Waals surface area contributed by atoms with Crippen LogP contribution in [0.1, 0.15) is 31.4 Å². The lowest BCUT2D eigenvalue weighted by molar-refractivity contribution is -0.130. The van der Waals surface area contributed by atoms with Crippen LogP contribution in [0.5, 0.6) is 0 Å². The van der Waals surface area contributed by atoms with Gasteiger partial charge in [-0.25, -0.2) is 4.98 Å². The summed E-state index contributed by atoms with van der Waals surface area (Å²) in [7, 11) is 0. The minimum atomic E-state index is 0.150. The molecule has 5 heteroatoms. The van der Waals surface area contributed by atoms with Crippen LogP contribution in [0, 0.1) is 0 Å². The lowest BCUT2D eigenvalue weighted by Gasteiger charge is -2.31. The smallest absolute Gasteiger partial charge is 0.219 e. The number of nitrogens with one attached hydrogen (secondary N) is 1. The first-order valence-electron chi connectivity index (χ1n) is 6.54. The minimum Gasteiger partial charge on any atom is -0.343 e. The Hall–Kier alpha value is -1.55. The summed E-state index contributed by atoms with van der Waals surface area (Å²) in [6.45, 7) is 3.27. The second-order valence-electron chi connectivity index (χ2n) is 5.08. The molecule has 0 bridgehead atoms. The van der Waals surface area contributed by atoms with E-state index in [0.29, 0.717) is 10.9 Å². The number of likely N-dealkylation sites (tertiary alicyclic amines) is 1. The monoisotopic (exact) mass is 277 g/mol. The Bertz CT molecular complexity index is 622. The van der Waals surface area contributed by atoms with E-state index in [-0.39, 0.29) is 5.91 Å². The summed E-state index contributed by atoms with van der Waals surface area (Å²) in [6, 6.07) is 3.86. The van der Waals surface area contributed by atoms with Crippen LogP contribution in [-0.4, -0.2) is 33.9 Å². The Balaban J connectivity index is 1.91. The van der Waals surface area contributed by atoms with Gasteiger partial charge in [-0.1, -0.05) is 11.6 Å². The number of piperidine rings is 1. The SMILES string of the molecule is CC(=O)N1CCC[C@@H](c2cc3c(Cl)ccnc3[nH]2)C1. The fraction of sp³-hybridized carbons (Fsp3) is 0.429. The predicted octanol–water partition coefficient (Wildman–Crippen LogP) is 2.94. The fourth-order valence-corrected chi connectivity index (χ4v) is 2.95. The van der Waals surface area contributed by atoms with Crippen molar-refractivity contribution in [3.05, 3.63) is 29.0 Å². The van der Waals surface area contributed by atoms with Crippen LogP contribution < -0.4 is 0 Å². The maximum atomic E-state index is 11.5. The molecule has 4 nitrogen and oxygen atoms in total. The van der Waals surface area contributed by atoms with Gasteiger partial charge >= 0.3 is 0 Å². The Kier molecular flexibility index (Phi) is 3.19. The number of rotatable bonds is 1.